The minimum atomic E-state index is -0.424. The topological polar surface area (TPSA) is 25.8 Å². The predicted molar refractivity (Wildman–Crippen MR) is 45.9 cm³/mol. The van der Waals surface area contributed by atoms with E-state index in [2.05, 4.69) is 10.2 Å². The van der Waals surface area contributed by atoms with Crippen molar-refractivity contribution in [3.8, 4) is 0 Å². The van der Waals surface area contributed by atoms with E-state index in [0.29, 0.717) is 0 Å². The molecule has 2 nitrogen and oxygen atoms in total. The maximum atomic E-state index is 5.66. The van der Waals surface area contributed by atoms with Crippen molar-refractivity contribution in [3.05, 3.63) is 24.0 Å². The number of hydrogen-bond donors (Lipinski definition) is 0. The van der Waals surface area contributed by atoms with Gasteiger partial charge in [-0.15, -0.1) is 23.2 Å². The Morgan fingerprint density at radius 2 is 2.18 bits per heavy atom. The van der Waals surface area contributed by atoms with E-state index in [-0.39, 0.29) is 5.92 Å². The van der Waals surface area contributed by atoms with Crippen LogP contribution in [0.4, 0.5) is 0 Å². The molecule has 0 N–H and O–H groups in total. The van der Waals surface area contributed by atoms with Gasteiger partial charge in [0.2, 0.25) is 0 Å². The molecule has 1 rings (SSSR count). The zero-order chi connectivity index (χ0) is 8.27. The molecule has 0 saturated carbocycles. The van der Waals surface area contributed by atoms with Crippen molar-refractivity contribution in [2.24, 2.45) is 0 Å². The summed E-state index contributed by atoms with van der Waals surface area (Å²) in [5.41, 5.74) is 0.822. The van der Waals surface area contributed by atoms with Crippen LogP contribution >= 0.6 is 23.2 Å². The fraction of sp³-hybridized carbons (Fsp3) is 0.429. The highest BCUT2D eigenvalue weighted by Gasteiger charge is 2.14. The van der Waals surface area contributed by atoms with Crippen molar-refractivity contribution in [1.82, 2.24) is 10.2 Å². The van der Waals surface area contributed by atoms with Gasteiger partial charge in [0.1, 0.15) is 4.84 Å². The second-order valence-corrected chi connectivity index (χ2v) is 3.44. The summed E-state index contributed by atoms with van der Waals surface area (Å²) in [4.78, 5) is -0.424. The number of aromatic nitrogens is 2. The van der Waals surface area contributed by atoms with E-state index in [9.17, 15) is 0 Å². The van der Waals surface area contributed by atoms with Gasteiger partial charge in [0.25, 0.3) is 0 Å². The molecule has 0 spiro atoms. The minimum absolute atomic E-state index is 0.0343. The van der Waals surface area contributed by atoms with E-state index >= 15 is 0 Å². The third-order valence-electron chi connectivity index (χ3n) is 1.44. The molecular weight excluding hydrogens is 183 g/mol. The van der Waals surface area contributed by atoms with Crippen LogP contribution in [0.5, 0.6) is 0 Å². The smallest absolute Gasteiger partial charge is 0.116 e. The van der Waals surface area contributed by atoms with Crippen LogP contribution < -0.4 is 0 Å². The Morgan fingerprint density at radius 3 is 2.64 bits per heavy atom. The van der Waals surface area contributed by atoms with Gasteiger partial charge in [-0.25, -0.2) is 0 Å². The Hall–Kier alpha value is -0.340. The normalized spacial score (nSPS) is 13.5. The molecule has 0 radical (unpaired) electrons. The summed E-state index contributed by atoms with van der Waals surface area (Å²) >= 11 is 11.3. The second-order valence-electron chi connectivity index (χ2n) is 2.27. The molecule has 0 aromatic carbocycles. The van der Waals surface area contributed by atoms with E-state index in [0.717, 1.165) is 5.69 Å². The van der Waals surface area contributed by atoms with Gasteiger partial charge in [0, 0.05) is 12.1 Å². The SMILES string of the molecule is CC(c1cccnn1)C(Cl)Cl. The molecule has 0 bridgehead atoms. The van der Waals surface area contributed by atoms with Crippen molar-refractivity contribution in [2.75, 3.05) is 0 Å². The van der Waals surface area contributed by atoms with Crippen LogP contribution in [0, 0.1) is 0 Å². The van der Waals surface area contributed by atoms with Crippen molar-refractivity contribution in [3.63, 3.8) is 0 Å². The first-order valence-electron chi connectivity index (χ1n) is 3.27. The van der Waals surface area contributed by atoms with Crippen LogP contribution in [0.3, 0.4) is 0 Å². The van der Waals surface area contributed by atoms with Gasteiger partial charge in [-0.3, -0.25) is 0 Å². The van der Waals surface area contributed by atoms with Gasteiger partial charge in [-0.1, -0.05) is 6.92 Å². The lowest BCUT2D eigenvalue weighted by Crippen LogP contribution is -2.05. The molecule has 4 heteroatoms. The van der Waals surface area contributed by atoms with E-state index < -0.39 is 4.84 Å². The van der Waals surface area contributed by atoms with Gasteiger partial charge in [0.15, 0.2) is 0 Å². The third-order valence-corrected chi connectivity index (χ3v) is 2.19. The minimum Gasteiger partial charge on any atom is -0.159 e. The number of alkyl halides is 2. The predicted octanol–water partition coefficient (Wildman–Crippen LogP) is 2.38. The van der Waals surface area contributed by atoms with E-state index in [4.69, 9.17) is 23.2 Å². The molecule has 0 amide bonds. The van der Waals surface area contributed by atoms with E-state index in [1.165, 1.54) is 0 Å². The Labute approximate surface area is 75.5 Å². The highest BCUT2D eigenvalue weighted by atomic mass is 35.5. The first-order valence-corrected chi connectivity index (χ1v) is 4.15. The number of rotatable bonds is 2. The van der Waals surface area contributed by atoms with Crippen LogP contribution in [-0.2, 0) is 0 Å². The monoisotopic (exact) mass is 190 g/mol. The fourth-order valence-electron chi connectivity index (χ4n) is 0.685. The highest BCUT2D eigenvalue weighted by molar-refractivity contribution is 6.44. The largest absolute Gasteiger partial charge is 0.159 e. The summed E-state index contributed by atoms with van der Waals surface area (Å²) in [7, 11) is 0. The maximum absolute atomic E-state index is 5.66. The number of halogens is 2. The zero-order valence-electron chi connectivity index (χ0n) is 6.04. The Bertz CT molecular complexity index is 213. The molecule has 0 aliphatic rings. The summed E-state index contributed by atoms with van der Waals surface area (Å²) < 4.78 is 0. The van der Waals surface area contributed by atoms with Crippen LogP contribution in [0.25, 0.3) is 0 Å². The third kappa shape index (κ3) is 2.31. The highest BCUT2D eigenvalue weighted by Crippen LogP contribution is 2.23. The summed E-state index contributed by atoms with van der Waals surface area (Å²) in [6.07, 6.45) is 1.62. The molecule has 0 fully saturated rings. The molecule has 1 aromatic rings. The maximum Gasteiger partial charge on any atom is 0.116 e. The van der Waals surface area contributed by atoms with E-state index in [1.807, 2.05) is 19.1 Å². The molecule has 11 heavy (non-hydrogen) atoms. The molecule has 1 heterocycles. The summed E-state index contributed by atoms with van der Waals surface area (Å²) in [5.74, 6) is 0.0343. The summed E-state index contributed by atoms with van der Waals surface area (Å²) in [6.45, 7) is 1.91. The fourth-order valence-corrected chi connectivity index (χ4v) is 0.944. The van der Waals surface area contributed by atoms with Crippen LogP contribution in [0.15, 0.2) is 18.3 Å². The standard InChI is InChI=1S/C7H8Cl2N2/c1-5(7(8)9)6-3-2-4-10-11-6/h2-5,7H,1H3. The van der Waals surface area contributed by atoms with Crippen molar-refractivity contribution in [1.29, 1.82) is 0 Å². The molecule has 60 valence electrons. The lowest BCUT2D eigenvalue weighted by atomic mass is 10.1. The van der Waals surface area contributed by atoms with Gasteiger partial charge >= 0.3 is 0 Å². The molecule has 1 unspecified atom stereocenters. The molecule has 1 aromatic heterocycles. The lowest BCUT2D eigenvalue weighted by molar-refractivity contribution is 0.763. The van der Waals surface area contributed by atoms with Gasteiger partial charge < -0.3 is 0 Å². The molecule has 0 saturated heterocycles. The lowest BCUT2D eigenvalue weighted by Gasteiger charge is -2.09. The molecule has 0 aliphatic carbocycles. The summed E-state index contributed by atoms with van der Waals surface area (Å²) in [5, 5.41) is 7.60. The van der Waals surface area contributed by atoms with Crippen LogP contribution in [0.2, 0.25) is 0 Å². The second kappa shape index (κ2) is 3.88. The zero-order valence-corrected chi connectivity index (χ0v) is 7.55. The molecule has 0 aliphatic heterocycles. The Kier molecular flexibility index (Phi) is 3.09. The van der Waals surface area contributed by atoms with Gasteiger partial charge in [-0.05, 0) is 12.1 Å². The Balaban J connectivity index is 2.77. The van der Waals surface area contributed by atoms with E-state index in [1.54, 1.807) is 6.20 Å². The first kappa shape index (κ1) is 8.75. The number of hydrogen-bond acceptors (Lipinski definition) is 2. The summed E-state index contributed by atoms with van der Waals surface area (Å²) in [6, 6.07) is 3.67. The number of nitrogens with zero attached hydrogens (tertiary/aromatic N) is 2. The van der Waals surface area contributed by atoms with Crippen molar-refractivity contribution < 1.29 is 0 Å². The van der Waals surface area contributed by atoms with Gasteiger partial charge in [-0.2, -0.15) is 10.2 Å². The van der Waals surface area contributed by atoms with Crippen molar-refractivity contribution >= 4 is 23.2 Å². The average Bonchev–Trinajstić information content (AvgIpc) is 2.05. The molecular formula is C7H8Cl2N2. The molecule has 1 atom stereocenters. The average molecular weight is 191 g/mol. The quantitative estimate of drug-likeness (QED) is 0.670. The Morgan fingerprint density at radius 1 is 1.45 bits per heavy atom. The van der Waals surface area contributed by atoms with Crippen molar-refractivity contribution in [2.45, 2.75) is 17.7 Å². The van der Waals surface area contributed by atoms with Gasteiger partial charge in [0.05, 0.1) is 5.69 Å². The first-order chi connectivity index (χ1) is 5.22. The van der Waals surface area contributed by atoms with Crippen LogP contribution in [0.1, 0.15) is 18.5 Å². The van der Waals surface area contributed by atoms with Crippen LogP contribution in [-0.4, -0.2) is 15.0 Å².